The summed E-state index contributed by atoms with van der Waals surface area (Å²) in [6.45, 7) is 6.07. The first kappa shape index (κ1) is 19.1. The van der Waals surface area contributed by atoms with E-state index in [1.165, 1.54) is 0 Å². The van der Waals surface area contributed by atoms with Crippen LogP contribution in [0.2, 0.25) is 0 Å². The quantitative estimate of drug-likeness (QED) is 0.818. The molecule has 3 heterocycles. The number of piperidine rings is 1. The maximum absolute atomic E-state index is 12.8. The van der Waals surface area contributed by atoms with Crippen LogP contribution >= 0.6 is 0 Å². The van der Waals surface area contributed by atoms with Crippen LogP contribution in [0.1, 0.15) is 43.6 Å². The van der Waals surface area contributed by atoms with Crippen molar-refractivity contribution in [3.63, 3.8) is 0 Å². The Balaban J connectivity index is 1.60. The lowest BCUT2D eigenvalue weighted by atomic mass is 9.96. The van der Waals surface area contributed by atoms with Gasteiger partial charge in [0.2, 0.25) is 5.91 Å². The molecule has 1 aliphatic rings. The molecule has 1 unspecified atom stereocenters. The van der Waals surface area contributed by atoms with Gasteiger partial charge in [0.25, 0.3) is 5.91 Å². The van der Waals surface area contributed by atoms with Crippen molar-refractivity contribution in [2.45, 2.75) is 33.1 Å². The molecule has 2 aromatic rings. The summed E-state index contributed by atoms with van der Waals surface area (Å²) in [6.07, 6.45) is 4.30. The van der Waals surface area contributed by atoms with Crippen molar-refractivity contribution in [1.82, 2.24) is 25.4 Å². The summed E-state index contributed by atoms with van der Waals surface area (Å²) in [5.41, 5.74) is 1.78. The number of amides is 2. The number of carbonyl (C=O) groups is 2. The molecule has 27 heavy (non-hydrogen) atoms. The van der Waals surface area contributed by atoms with E-state index in [9.17, 15) is 9.59 Å². The van der Waals surface area contributed by atoms with Gasteiger partial charge >= 0.3 is 0 Å². The van der Waals surface area contributed by atoms with Crippen molar-refractivity contribution in [3.05, 3.63) is 36.2 Å². The normalized spacial score (nSPS) is 17.1. The number of likely N-dealkylation sites (tertiary alicyclic amines) is 1. The van der Waals surface area contributed by atoms with E-state index < -0.39 is 0 Å². The molecule has 0 bridgehead atoms. The minimum atomic E-state index is -0.145. The smallest absolute Gasteiger partial charge is 0.271 e. The molecule has 0 spiro atoms. The summed E-state index contributed by atoms with van der Waals surface area (Å²) >= 11 is 0. The van der Waals surface area contributed by atoms with Crippen LogP contribution in [-0.2, 0) is 4.79 Å². The van der Waals surface area contributed by atoms with Crippen molar-refractivity contribution in [1.29, 1.82) is 0 Å². The van der Waals surface area contributed by atoms with E-state index in [4.69, 9.17) is 0 Å². The molecular weight excluding hydrogens is 342 g/mol. The first-order chi connectivity index (χ1) is 13.0. The second-order valence-corrected chi connectivity index (χ2v) is 7.45. The Morgan fingerprint density at radius 3 is 2.93 bits per heavy atom. The summed E-state index contributed by atoms with van der Waals surface area (Å²) in [7, 11) is 0. The average Bonchev–Trinajstić information content (AvgIpc) is 3.18. The maximum Gasteiger partial charge on any atom is 0.271 e. The molecule has 7 heteroatoms. The predicted octanol–water partition coefficient (Wildman–Crippen LogP) is 2.49. The molecule has 2 aromatic heterocycles. The van der Waals surface area contributed by atoms with Gasteiger partial charge in [-0.1, -0.05) is 19.9 Å². The summed E-state index contributed by atoms with van der Waals surface area (Å²) < 4.78 is 0. The standard InChI is InChI=1S/C20H27N5O2/c1-14(2)8-10-22-19(26)15-6-5-11-25(13-15)20(27)18-12-17(23-24-18)16-7-3-4-9-21-16/h3-4,7,9,12,14-15H,5-6,8,10-11,13H2,1-2H3,(H,22,26)(H,23,24). The van der Waals surface area contributed by atoms with E-state index in [1.807, 2.05) is 18.2 Å². The molecule has 3 rings (SSSR count). The predicted molar refractivity (Wildman–Crippen MR) is 103 cm³/mol. The van der Waals surface area contributed by atoms with Crippen LogP contribution < -0.4 is 5.32 Å². The molecule has 0 saturated carbocycles. The van der Waals surface area contributed by atoms with Crippen LogP contribution in [0.3, 0.4) is 0 Å². The number of rotatable bonds is 6. The second-order valence-electron chi connectivity index (χ2n) is 7.45. The topological polar surface area (TPSA) is 91.0 Å². The van der Waals surface area contributed by atoms with Gasteiger partial charge in [-0.2, -0.15) is 5.10 Å². The van der Waals surface area contributed by atoms with Crippen molar-refractivity contribution in [3.8, 4) is 11.4 Å². The minimum Gasteiger partial charge on any atom is -0.356 e. The summed E-state index contributed by atoms with van der Waals surface area (Å²) in [5, 5.41) is 10.0. The highest BCUT2D eigenvalue weighted by atomic mass is 16.2. The van der Waals surface area contributed by atoms with Gasteiger partial charge in [0, 0.05) is 25.8 Å². The fraction of sp³-hybridized carbons (Fsp3) is 0.500. The monoisotopic (exact) mass is 369 g/mol. The number of hydrogen-bond acceptors (Lipinski definition) is 4. The Kier molecular flexibility index (Phi) is 6.21. The van der Waals surface area contributed by atoms with Crippen LogP contribution in [0.15, 0.2) is 30.5 Å². The number of nitrogens with one attached hydrogen (secondary N) is 2. The first-order valence-electron chi connectivity index (χ1n) is 9.58. The first-order valence-corrected chi connectivity index (χ1v) is 9.58. The summed E-state index contributed by atoms with van der Waals surface area (Å²) in [4.78, 5) is 31.2. The molecule has 2 N–H and O–H groups in total. The second kappa shape index (κ2) is 8.79. The molecule has 1 atom stereocenters. The lowest BCUT2D eigenvalue weighted by Crippen LogP contribution is -2.45. The van der Waals surface area contributed by atoms with Crippen molar-refractivity contribution < 1.29 is 9.59 Å². The fourth-order valence-electron chi connectivity index (χ4n) is 3.25. The van der Waals surface area contributed by atoms with E-state index in [1.54, 1.807) is 17.2 Å². The van der Waals surface area contributed by atoms with Crippen molar-refractivity contribution >= 4 is 11.8 Å². The number of pyridine rings is 1. The van der Waals surface area contributed by atoms with E-state index in [0.717, 1.165) is 19.3 Å². The average molecular weight is 369 g/mol. The Hall–Kier alpha value is -2.70. The third kappa shape index (κ3) is 4.93. The Morgan fingerprint density at radius 2 is 2.19 bits per heavy atom. The Labute approximate surface area is 159 Å². The summed E-state index contributed by atoms with van der Waals surface area (Å²) in [5.74, 6) is 0.341. The zero-order chi connectivity index (χ0) is 19.2. The lowest BCUT2D eigenvalue weighted by Gasteiger charge is -2.31. The molecule has 0 aliphatic carbocycles. The number of hydrogen-bond donors (Lipinski definition) is 2. The molecule has 1 aliphatic heterocycles. The van der Waals surface area contributed by atoms with Gasteiger partial charge in [-0.15, -0.1) is 0 Å². The highest BCUT2D eigenvalue weighted by molar-refractivity contribution is 5.93. The van der Waals surface area contributed by atoms with Crippen molar-refractivity contribution in [2.24, 2.45) is 11.8 Å². The molecular formula is C20H27N5O2. The molecule has 1 fully saturated rings. The zero-order valence-corrected chi connectivity index (χ0v) is 15.9. The van der Waals surface area contributed by atoms with E-state index in [-0.39, 0.29) is 17.7 Å². The highest BCUT2D eigenvalue weighted by Crippen LogP contribution is 2.20. The zero-order valence-electron chi connectivity index (χ0n) is 15.9. The maximum atomic E-state index is 12.8. The van der Waals surface area contributed by atoms with E-state index >= 15 is 0 Å². The SMILES string of the molecule is CC(C)CCNC(=O)C1CCCN(C(=O)c2cc(-c3ccccn3)n[nH]2)C1. The van der Waals surface area contributed by atoms with Crippen LogP contribution in [0.4, 0.5) is 0 Å². The summed E-state index contributed by atoms with van der Waals surface area (Å²) in [6, 6.07) is 7.29. The largest absolute Gasteiger partial charge is 0.356 e. The van der Waals surface area contributed by atoms with Gasteiger partial charge in [0.05, 0.1) is 11.6 Å². The van der Waals surface area contributed by atoms with Gasteiger partial charge in [0.15, 0.2) is 0 Å². The Morgan fingerprint density at radius 1 is 1.33 bits per heavy atom. The molecule has 0 radical (unpaired) electrons. The minimum absolute atomic E-state index is 0.0481. The van der Waals surface area contributed by atoms with Gasteiger partial charge < -0.3 is 10.2 Å². The number of carbonyl (C=O) groups excluding carboxylic acids is 2. The number of aromatic nitrogens is 3. The van der Waals surface area contributed by atoms with Crippen LogP contribution in [0.25, 0.3) is 11.4 Å². The van der Waals surface area contributed by atoms with Gasteiger partial charge in [-0.3, -0.25) is 19.7 Å². The third-order valence-corrected chi connectivity index (χ3v) is 4.84. The van der Waals surface area contributed by atoms with Gasteiger partial charge in [0.1, 0.15) is 11.4 Å². The number of aromatic amines is 1. The van der Waals surface area contributed by atoms with Crippen molar-refractivity contribution in [2.75, 3.05) is 19.6 Å². The molecule has 7 nitrogen and oxygen atoms in total. The van der Waals surface area contributed by atoms with E-state index in [0.29, 0.717) is 42.6 Å². The van der Waals surface area contributed by atoms with Crippen LogP contribution in [0.5, 0.6) is 0 Å². The van der Waals surface area contributed by atoms with Gasteiger partial charge in [-0.25, -0.2) is 0 Å². The molecule has 2 amide bonds. The molecule has 0 aromatic carbocycles. The highest BCUT2D eigenvalue weighted by Gasteiger charge is 2.29. The fourth-order valence-corrected chi connectivity index (χ4v) is 3.25. The lowest BCUT2D eigenvalue weighted by molar-refractivity contribution is -0.126. The Bertz CT molecular complexity index is 772. The molecule has 144 valence electrons. The molecule has 1 saturated heterocycles. The van der Waals surface area contributed by atoms with Crippen LogP contribution in [-0.4, -0.2) is 51.5 Å². The van der Waals surface area contributed by atoms with Gasteiger partial charge in [-0.05, 0) is 43.4 Å². The van der Waals surface area contributed by atoms with E-state index in [2.05, 4.69) is 34.3 Å². The van der Waals surface area contributed by atoms with Crippen LogP contribution in [0, 0.1) is 11.8 Å². The number of nitrogens with zero attached hydrogens (tertiary/aromatic N) is 3. The third-order valence-electron chi connectivity index (χ3n) is 4.84. The number of H-pyrrole nitrogens is 1.